The van der Waals surface area contributed by atoms with Gasteiger partial charge >= 0.3 is 0 Å². The first-order valence-corrected chi connectivity index (χ1v) is 7.25. The van der Waals surface area contributed by atoms with Crippen molar-refractivity contribution in [2.24, 2.45) is 5.73 Å². The van der Waals surface area contributed by atoms with Crippen LogP contribution in [0.15, 0.2) is 35.7 Å². The Morgan fingerprint density at radius 2 is 2.17 bits per heavy atom. The van der Waals surface area contributed by atoms with Gasteiger partial charge in [-0.3, -0.25) is 0 Å². The lowest BCUT2D eigenvalue weighted by atomic mass is 10.1. The van der Waals surface area contributed by atoms with E-state index in [0.29, 0.717) is 6.10 Å². The van der Waals surface area contributed by atoms with E-state index in [1.165, 1.54) is 0 Å². The van der Waals surface area contributed by atoms with Crippen LogP contribution in [0.25, 0.3) is 0 Å². The predicted octanol–water partition coefficient (Wildman–Crippen LogP) is 3.99. The summed E-state index contributed by atoms with van der Waals surface area (Å²) in [5.74, 6) is 0.901. The van der Waals surface area contributed by atoms with Gasteiger partial charge in [-0.05, 0) is 42.0 Å². The number of hydrogen-bond acceptors (Lipinski definition) is 3. The van der Waals surface area contributed by atoms with E-state index in [1.54, 1.807) is 11.3 Å². The van der Waals surface area contributed by atoms with Crippen LogP contribution in [0.5, 0.6) is 5.75 Å². The lowest BCUT2D eigenvalue weighted by Crippen LogP contribution is -2.11. The summed E-state index contributed by atoms with van der Waals surface area (Å²) in [7, 11) is 0. The summed E-state index contributed by atoms with van der Waals surface area (Å²) in [6, 6.07) is 9.69. The minimum atomic E-state index is -0.180. The van der Waals surface area contributed by atoms with Crippen molar-refractivity contribution in [3.63, 3.8) is 0 Å². The van der Waals surface area contributed by atoms with Crippen molar-refractivity contribution in [2.45, 2.75) is 25.0 Å². The Labute approximate surface area is 115 Å². The fourth-order valence-electron chi connectivity index (χ4n) is 1.84. The molecule has 4 heteroatoms. The van der Waals surface area contributed by atoms with Crippen LogP contribution in [0.2, 0.25) is 5.02 Å². The van der Waals surface area contributed by atoms with Crippen LogP contribution in [0.4, 0.5) is 0 Å². The quantitative estimate of drug-likeness (QED) is 0.918. The van der Waals surface area contributed by atoms with E-state index in [9.17, 15) is 0 Å². The fourth-order valence-corrected chi connectivity index (χ4v) is 3.04. The molecule has 1 saturated carbocycles. The summed E-state index contributed by atoms with van der Waals surface area (Å²) < 4.78 is 5.78. The summed E-state index contributed by atoms with van der Waals surface area (Å²) in [5.41, 5.74) is 7.29. The molecule has 2 N–H and O–H groups in total. The fraction of sp³-hybridized carbons (Fsp3) is 0.286. The lowest BCUT2D eigenvalue weighted by Gasteiger charge is -2.13. The zero-order valence-electron chi connectivity index (χ0n) is 9.80. The molecular formula is C14H14ClNOS. The number of benzene rings is 1. The molecule has 1 aromatic carbocycles. The topological polar surface area (TPSA) is 35.2 Å². The molecule has 0 aliphatic heterocycles. The third-order valence-electron chi connectivity index (χ3n) is 2.97. The molecule has 1 aliphatic carbocycles. The maximum absolute atomic E-state index is 6.25. The van der Waals surface area contributed by atoms with Gasteiger partial charge in [-0.25, -0.2) is 0 Å². The Balaban J connectivity index is 1.84. The van der Waals surface area contributed by atoms with Gasteiger partial charge in [0.1, 0.15) is 5.75 Å². The minimum Gasteiger partial charge on any atom is -0.490 e. The zero-order valence-corrected chi connectivity index (χ0v) is 11.4. The molecule has 2 nitrogen and oxygen atoms in total. The van der Waals surface area contributed by atoms with Gasteiger partial charge in [0.2, 0.25) is 0 Å². The molecular weight excluding hydrogens is 266 g/mol. The van der Waals surface area contributed by atoms with Gasteiger partial charge in [-0.15, -0.1) is 11.3 Å². The van der Waals surface area contributed by atoms with E-state index in [4.69, 9.17) is 22.1 Å². The summed E-state index contributed by atoms with van der Waals surface area (Å²) in [4.78, 5) is 1.00. The van der Waals surface area contributed by atoms with Crippen LogP contribution < -0.4 is 10.5 Å². The molecule has 0 saturated heterocycles. The Morgan fingerprint density at radius 1 is 1.33 bits per heavy atom. The normalized spacial score (nSPS) is 16.6. The average molecular weight is 280 g/mol. The van der Waals surface area contributed by atoms with E-state index >= 15 is 0 Å². The highest BCUT2D eigenvalue weighted by Gasteiger charge is 2.23. The maximum Gasteiger partial charge on any atom is 0.120 e. The highest BCUT2D eigenvalue weighted by Crippen LogP contribution is 2.33. The molecule has 0 bridgehead atoms. The highest BCUT2D eigenvalue weighted by molar-refractivity contribution is 7.10. The molecule has 0 radical (unpaired) electrons. The van der Waals surface area contributed by atoms with E-state index in [2.05, 4.69) is 0 Å². The van der Waals surface area contributed by atoms with Crippen LogP contribution in [-0.4, -0.2) is 6.10 Å². The summed E-state index contributed by atoms with van der Waals surface area (Å²) in [6.45, 7) is 0. The van der Waals surface area contributed by atoms with Crippen molar-refractivity contribution in [2.75, 3.05) is 0 Å². The first-order valence-electron chi connectivity index (χ1n) is 5.99. The maximum atomic E-state index is 6.25. The van der Waals surface area contributed by atoms with E-state index < -0.39 is 0 Å². The Bertz CT molecular complexity index is 550. The van der Waals surface area contributed by atoms with Gasteiger partial charge in [0.25, 0.3) is 0 Å². The van der Waals surface area contributed by atoms with Gasteiger partial charge in [0, 0.05) is 4.88 Å². The second kappa shape index (κ2) is 4.92. The molecule has 1 unspecified atom stereocenters. The third-order valence-corrected chi connectivity index (χ3v) is 4.41. The zero-order chi connectivity index (χ0) is 12.5. The smallest absolute Gasteiger partial charge is 0.120 e. The van der Waals surface area contributed by atoms with Crippen molar-refractivity contribution >= 4 is 22.9 Å². The Kier molecular flexibility index (Phi) is 3.29. The molecule has 1 aliphatic rings. The second-order valence-corrected chi connectivity index (χ2v) is 5.86. The largest absolute Gasteiger partial charge is 0.490 e. The number of hydrogen-bond donors (Lipinski definition) is 1. The van der Waals surface area contributed by atoms with Crippen LogP contribution in [0.1, 0.15) is 29.3 Å². The van der Waals surface area contributed by atoms with Gasteiger partial charge in [-0.1, -0.05) is 23.7 Å². The average Bonchev–Trinajstić information content (AvgIpc) is 3.08. The Morgan fingerprint density at radius 3 is 2.83 bits per heavy atom. The second-order valence-electron chi connectivity index (χ2n) is 4.50. The molecule has 1 atom stereocenters. The predicted molar refractivity (Wildman–Crippen MR) is 75.5 cm³/mol. The van der Waals surface area contributed by atoms with E-state index in [-0.39, 0.29) is 6.04 Å². The first kappa shape index (κ1) is 12.0. The van der Waals surface area contributed by atoms with Crippen LogP contribution in [-0.2, 0) is 0 Å². The van der Waals surface area contributed by atoms with Crippen molar-refractivity contribution in [1.29, 1.82) is 0 Å². The lowest BCUT2D eigenvalue weighted by molar-refractivity contribution is 0.303. The third kappa shape index (κ3) is 2.53. The SMILES string of the molecule is NC(c1cccc(OC2CC2)c1)c1sccc1Cl. The Hall–Kier alpha value is -1.03. The van der Waals surface area contributed by atoms with Crippen molar-refractivity contribution < 1.29 is 4.74 Å². The molecule has 1 aromatic heterocycles. The molecule has 0 spiro atoms. The van der Waals surface area contributed by atoms with Gasteiger partial charge in [0.15, 0.2) is 0 Å². The minimum absolute atomic E-state index is 0.180. The number of nitrogens with two attached hydrogens (primary N) is 1. The summed E-state index contributed by atoms with van der Waals surface area (Å²) in [5, 5.41) is 2.70. The van der Waals surface area contributed by atoms with Crippen molar-refractivity contribution in [3.05, 3.63) is 51.2 Å². The molecule has 0 amide bonds. The molecule has 1 heterocycles. The van der Waals surface area contributed by atoms with E-state index in [1.807, 2.05) is 35.7 Å². The van der Waals surface area contributed by atoms with Crippen LogP contribution in [0.3, 0.4) is 0 Å². The molecule has 3 rings (SSSR count). The molecule has 1 fully saturated rings. The van der Waals surface area contributed by atoms with Crippen molar-refractivity contribution in [3.8, 4) is 5.75 Å². The molecule has 18 heavy (non-hydrogen) atoms. The molecule has 94 valence electrons. The molecule has 2 aromatic rings. The number of ether oxygens (including phenoxy) is 1. The standard InChI is InChI=1S/C14H14ClNOS/c15-12-6-7-18-14(12)13(16)9-2-1-3-11(8-9)17-10-4-5-10/h1-3,6-8,10,13H,4-5,16H2. The summed E-state index contributed by atoms with van der Waals surface area (Å²) >= 11 is 7.70. The van der Waals surface area contributed by atoms with Gasteiger partial charge in [-0.2, -0.15) is 0 Å². The van der Waals surface area contributed by atoms with Gasteiger partial charge in [0.05, 0.1) is 17.2 Å². The first-order chi connectivity index (χ1) is 8.74. The summed E-state index contributed by atoms with van der Waals surface area (Å²) in [6.07, 6.45) is 2.72. The van der Waals surface area contributed by atoms with Gasteiger partial charge < -0.3 is 10.5 Å². The van der Waals surface area contributed by atoms with Crippen molar-refractivity contribution in [1.82, 2.24) is 0 Å². The monoisotopic (exact) mass is 279 g/mol. The highest BCUT2D eigenvalue weighted by atomic mass is 35.5. The number of thiophene rings is 1. The van der Waals surface area contributed by atoms with Crippen LogP contribution in [0, 0.1) is 0 Å². The number of halogens is 1. The van der Waals surface area contributed by atoms with Crippen LogP contribution >= 0.6 is 22.9 Å². The number of rotatable bonds is 4. The van der Waals surface area contributed by atoms with E-state index in [0.717, 1.165) is 34.1 Å².